The van der Waals surface area contributed by atoms with Crippen LogP contribution in [0.4, 0.5) is 4.79 Å². The zero-order valence-electron chi connectivity index (χ0n) is 34.4. The van der Waals surface area contributed by atoms with E-state index in [0.717, 1.165) is 11.1 Å². The summed E-state index contributed by atoms with van der Waals surface area (Å²) < 4.78 is 29.8. The molecule has 55 heavy (non-hydrogen) atoms. The molecule has 3 rings (SSSR count). The van der Waals surface area contributed by atoms with E-state index in [1.807, 2.05) is 72.8 Å². The molecule has 0 aromatic heterocycles. The molecule has 2 bridgehead atoms. The number of esters is 1. The molecule has 0 radical (unpaired) electrons. The van der Waals surface area contributed by atoms with E-state index in [1.165, 1.54) is 0 Å². The maximum atomic E-state index is 13.7. The van der Waals surface area contributed by atoms with Gasteiger partial charge in [0.25, 0.3) is 0 Å². The summed E-state index contributed by atoms with van der Waals surface area (Å²) >= 11 is 0. The average Bonchev–Trinajstić information content (AvgIpc) is 3.12. The first-order valence-corrected chi connectivity index (χ1v) is 20.3. The van der Waals surface area contributed by atoms with Crippen LogP contribution in [0.25, 0.3) is 0 Å². The maximum absolute atomic E-state index is 13.7. The molecule has 314 valence electrons. The minimum Gasteiger partial charge on any atom is -0.462 e. The van der Waals surface area contributed by atoms with Crippen molar-refractivity contribution in [2.45, 2.75) is 181 Å². The number of Topliss-reactive ketones (excluding diaryl/α,β-unsaturated/α-hetero) is 1. The molecule has 15 atom stereocenters. The molecule has 3 aliphatic heterocycles. The van der Waals surface area contributed by atoms with Crippen molar-refractivity contribution < 1.29 is 58.5 Å². The van der Waals surface area contributed by atoms with Crippen molar-refractivity contribution in [1.82, 2.24) is 0 Å². The van der Waals surface area contributed by atoms with Gasteiger partial charge in [-0.2, -0.15) is 0 Å². The number of hydrogen-bond donors (Lipinski definition) is 5. The van der Waals surface area contributed by atoms with E-state index in [4.69, 9.17) is 29.4 Å². The number of aliphatic hydroxyl groups is 4. The van der Waals surface area contributed by atoms with Gasteiger partial charge in [-0.3, -0.25) is 9.59 Å². The Hall–Kier alpha value is -2.65. The van der Waals surface area contributed by atoms with Gasteiger partial charge in [0.05, 0.1) is 30.8 Å². The van der Waals surface area contributed by atoms with Crippen molar-refractivity contribution in [1.29, 1.82) is 0 Å². The van der Waals surface area contributed by atoms with E-state index < -0.39 is 97.1 Å². The smallest absolute Gasteiger partial charge is 0.404 e. The SMILES string of the molecule is CCC(=O)C(CC)C(O)C(C)CC(C)C1OC(=O)CC2(O)CC=C(C)C(O2)/C(C)=C/CCCC(OC2CC(OC(N)=O)C(O)C(C)O2)/C=C\C(C)C(O)C1C. The first-order valence-electron chi connectivity index (χ1n) is 20.3. The van der Waals surface area contributed by atoms with Crippen molar-refractivity contribution in [3.63, 3.8) is 0 Å². The van der Waals surface area contributed by atoms with Gasteiger partial charge in [-0.25, -0.2) is 4.79 Å². The molecule has 3 heterocycles. The van der Waals surface area contributed by atoms with Gasteiger partial charge in [0, 0.05) is 37.0 Å². The molecule has 0 aromatic rings. The second-order valence-electron chi connectivity index (χ2n) is 16.4. The zero-order chi connectivity index (χ0) is 41.2. The Labute approximate surface area is 327 Å². The summed E-state index contributed by atoms with van der Waals surface area (Å²) in [7, 11) is 0. The molecule has 13 nitrogen and oxygen atoms in total. The molecule has 0 aromatic carbocycles. The summed E-state index contributed by atoms with van der Waals surface area (Å²) in [4.78, 5) is 37.8. The molecule has 1 fully saturated rings. The third kappa shape index (κ3) is 13.2. The van der Waals surface area contributed by atoms with Crippen LogP contribution < -0.4 is 5.73 Å². The Bertz CT molecular complexity index is 1370. The molecule has 6 N–H and O–H groups in total. The van der Waals surface area contributed by atoms with Crippen LogP contribution in [0.5, 0.6) is 0 Å². The van der Waals surface area contributed by atoms with E-state index in [1.54, 1.807) is 13.8 Å². The fourth-order valence-electron chi connectivity index (χ4n) is 8.30. The number of rotatable bonds is 11. The molecule has 13 heteroatoms. The minimum absolute atomic E-state index is 0.00168. The Morgan fingerprint density at radius 3 is 2.36 bits per heavy atom. The topological polar surface area (TPSA) is 204 Å². The largest absolute Gasteiger partial charge is 0.462 e. The lowest BCUT2D eigenvalue weighted by atomic mass is 9.77. The van der Waals surface area contributed by atoms with E-state index in [9.17, 15) is 34.8 Å². The van der Waals surface area contributed by atoms with Gasteiger partial charge >= 0.3 is 12.1 Å². The van der Waals surface area contributed by atoms with Crippen LogP contribution in [0.2, 0.25) is 0 Å². The fourth-order valence-corrected chi connectivity index (χ4v) is 8.30. The highest BCUT2D eigenvalue weighted by molar-refractivity contribution is 5.81. The summed E-state index contributed by atoms with van der Waals surface area (Å²) in [5.74, 6) is -4.64. The van der Waals surface area contributed by atoms with Crippen molar-refractivity contribution in [3.05, 3.63) is 35.5 Å². The summed E-state index contributed by atoms with van der Waals surface area (Å²) in [6, 6.07) is 0. The van der Waals surface area contributed by atoms with Gasteiger partial charge in [0.1, 0.15) is 30.2 Å². The van der Waals surface area contributed by atoms with Crippen LogP contribution in [0, 0.1) is 29.6 Å². The van der Waals surface area contributed by atoms with Crippen LogP contribution >= 0.6 is 0 Å². The molecular formula is C42H69NO12. The molecule has 1 saturated heterocycles. The monoisotopic (exact) mass is 779 g/mol. The standard InChI is InChI=1S/C42H69NO12/c1-10-31(32(44)11-2)37(47)26(6)20-27(7)40-28(8)36(46)23(3)16-17-30(52-35-21-33(53-41(43)49)38(48)29(9)51-35)15-13-12-14-24(4)39-25(5)18-19-42(50,55-39)22-34(45)54-40/h14,16-18,23,26-31,33,35-40,46-48,50H,10-13,15,19-22H2,1-9H3,(H2,43,49)/b17-16-,24-14+. The summed E-state index contributed by atoms with van der Waals surface area (Å²) in [5, 5.41) is 45.1. The fraction of sp³-hybridized carbons (Fsp3) is 0.786. The Balaban J connectivity index is 1.95. The van der Waals surface area contributed by atoms with Gasteiger partial charge < -0.3 is 49.8 Å². The number of amides is 1. The van der Waals surface area contributed by atoms with Gasteiger partial charge in [-0.05, 0) is 75.9 Å². The first-order chi connectivity index (χ1) is 25.8. The highest BCUT2D eigenvalue weighted by Crippen LogP contribution is 2.36. The van der Waals surface area contributed by atoms with Crippen LogP contribution in [-0.2, 0) is 33.3 Å². The highest BCUT2D eigenvalue weighted by atomic mass is 16.7. The molecule has 15 unspecified atom stereocenters. The van der Waals surface area contributed by atoms with Gasteiger partial charge in [0.2, 0.25) is 0 Å². The number of nitrogens with two attached hydrogens (primary N) is 1. The first kappa shape index (κ1) is 46.7. The number of allylic oxidation sites excluding steroid dienone is 1. The number of primary amides is 1. The van der Waals surface area contributed by atoms with E-state index in [2.05, 4.69) is 0 Å². The molecule has 0 spiro atoms. The van der Waals surface area contributed by atoms with E-state index >= 15 is 0 Å². The second-order valence-corrected chi connectivity index (χ2v) is 16.4. The third-order valence-electron chi connectivity index (χ3n) is 11.7. The van der Waals surface area contributed by atoms with Crippen molar-refractivity contribution in [2.75, 3.05) is 0 Å². The Morgan fingerprint density at radius 2 is 1.73 bits per heavy atom. The van der Waals surface area contributed by atoms with Crippen molar-refractivity contribution in [2.24, 2.45) is 35.3 Å². The van der Waals surface area contributed by atoms with Gasteiger partial charge in [0.15, 0.2) is 12.1 Å². The number of carbonyl (C=O) groups is 3. The average molecular weight is 780 g/mol. The summed E-state index contributed by atoms with van der Waals surface area (Å²) in [5.41, 5.74) is 7.06. The van der Waals surface area contributed by atoms with Gasteiger partial charge in [-0.1, -0.05) is 65.8 Å². The number of ketones is 1. The van der Waals surface area contributed by atoms with Crippen molar-refractivity contribution >= 4 is 17.8 Å². The Kier molecular flexibility index (Phi) is 18.0. The molecule has 3 aliphatic rings. The highest BCUT2D eigenvalue weighted by Gasteiger charge is 2.42. The number of aliphatic hydroxyl groups excluding tert-OH is 3. The maximum Gasteiger partial charge on any atom is 0.404 e. The number of carbonyl (C=O) groups excluding carboxylic acids is 3. The molecule has 0 saturated carbocycles. The quantitative estimate of drug-likeness (QED) is 0.132. The van der Waals surface area contributed by atoms with Crippen molar-refractivity contribution in [3.8, 4) is 0 Å². The lowest BCUT2D eigenvalue weighted by Crippen LogP contribution is -2.50. The molecule has 1 amide bonds. The molecule has 0 aliphatic carbocycles. The predicted molar refractivity (Wildman–Crippen MR) is 206 cm³/mol. The molecular weight excluding hydrogens is 710 g/mol. The number of ether oxygens (including phenoxy) is 5. The summed E-state index contributed by atoms with van der Waals surface area (Å²) in [6.45, 7) is 16.6. The second kappa shape index (κ2) is 21.2. The predicted octanol–water partition coefficient (Wildman–Crippen LogP) is 5.41. The van der Waals surface area contributed by atoms with Gasteiger partial charge in [-0.15, -0.1) is 0 Å². The number of hydrogen-bond acceptors (Lipinski definition) is 12. The van der Waals surface area contributed by atoms with Crippen LogP contribution in [-0.4, -0.2) is 99.2 Å². The van der Waals surface area contributed by atoms with Crippen LogP contribution in [0.3, 0.4) is 0 Å². The van der Waals surface area contributed by atoms with Crippen LogP contribution in [0.15, 0.2) is 35.5 Å². The van der Waals surface area contributed by atoms with E-state index in [0.29, 0.717) is 38.5 Å². The normalized spacial score (nSPS) is 38.0. The number of cyclic esters (lactones) is 1. The summed E-state index contributed by atoms with van der Waals surface area (Å²) in [6.07, 6.45) is 2.42. The lowest BCUT2D eigenvalue weighted by molar-refractivity contribution is -0.254. The van der Waals surface area contributed by atoms with E-state index in [-0.39, 0.29) is 30.5 Å². The van der Waals surface area contributed by atoms with Crippen LogP contribution in [0.1, 0.15) is 120 Å². The lowest BCUT2D eigenvalue weighted by Gasteiger charge is -2.39. The number of fused-ring (bicyclic) bond motifs is 2. The zero-order valence-corrected chi connectivity index (χ0v) is 34.4. The third-order valence-corrected chi connectivity index (χ3v) is 11.7. The Morgan fingerprint density at radius 1 is 1.05 bits per heavy atom. The minimum atomic E-state index is -1.80.